The van der Waals surface area contributed by atoms with Crippen LogP contribution in [0.15, 0.2) is 66.1 Å². The van der Waals surface area contributed by atoms with Gasteiger partial charge in [-0.15, -0.1) is 0 Å². The van der Waals surface area contributed by atoms with Gasteiger partial charge < -0.3 is 10.1 Å². The van der Waals surface area contributed by atoms with E-state index < -0.39 is 10.0 Å². The molecule has 1 saturated heterocycles. The summed E-state index contributed by atoms with van der Waals surface area (Å²) in [6.07, 6.45) is 4.79. The Hall–Kier alpha value is -3.08. The van der Waals surface area contributed by atoms with Crippen molar-refractivity contribution in [3.8, 4) is 5.69 Å². The molecule has 32 heavy (non-hydrogen) atoms. The number of aromatic nitrogens is 3. The second-order valence-corrected chi connectivity index (χ2v) is 9.40. The van der Waals surface area contributed by atoms with E-state index in [1.807, 2.05) is 31.2 Å². The number of ether oxygens (including phenoxy) is 1. The Balaban J connectivity index is 1.35. The smallest absolute Gasteiger partial charge is 0.251 e. The van der Waals surface area contributed by atoms with Gasteiger partial charge in [-0.25, -0.2) is 22.8 Å². The molecule has 2 heterocycles. The molecule has 2 aromatic carbocycles. The lowest BCUT2D eigenvalue weighted by atomic mass is 10.1. The van der Waals surface area contributed by atoms with Crippen LogP contribution in [0.1, 0.15) is 41.7 Å². The molecule has 3 aromatic rings. The summed E-state index contributed by atoms with van der Waals surface area (Å²) < 4.78 is 34.6. The van der Waals surface area contributed by atoms with E-state index in [0.29, 0.717) is 12.2 Å². The fraction of sp³-hybridized carbons (Fsp3) is 0.318. The molecule has 1 aliphatic heterocycles. The van der Waals surface area contributed by atoms with Gasteiger partial charge in [-0.05, 0) is 61.7 Å². The van der Waals surface area contributed by atoms with Gasteiger partial charge in [0.2, 0.25) is 10.0 Å². The predicted molar refractivity (Wildman–Crippen MR) is 118 cm³/mol. The van der Waals surface area contributed by atoms with Gasteiger partial charge in [-0.2, -0.15) is 5.10 Å². The average Bonchev–Trinajstić information content (AvgIpc) is 3.52. The third-order valence-electron chi connectivity index (χ3n) is 5.38. The zero-order valence-electron chi connectivity index (χ0n) is 17.6. The van der Waals surface area contributed by atoms with Crippen molar-refractivity contribution in [3.05, 3.63) is 72.3 Å². The van der Waals surface area contributed by atoms with Crippen LogP contribution in [0.2, 0.25) is 0 Å². The average molecular weight is 456 g/mol. The van der Waals surface area contributed by atoms with Gasteiger partial charge in [0.1, 0.15) is 12.7 Å². The van der Waals surface area contributed by atoms with Gasteiger partial charge in [0.25, 0.3) is 5.91 Å². The number of rotatable bonds is 8. The first kappa shape index (κ1) is 22.1. The highest BCUT2D eigenvalue weighted by molar-refractivity contribution is 7.89. The van der Waals surface area contributed by atoms with E-state index in [1.165, 1.54) is 30.6 Å². The molecule has 1 fully saturated rings. The van der Waals surface area contributed by atoms with Crippen LogP contribution in [0, 0.1) is 0 Å². The molecule has 0 bridgehead atoms. The first-order valence-electron chi connectivity index (χ1n) is 10.4. The Morgan fingerprint density at radius 1 is 1.19 bits per heavy atom. The SMILES string of the molecule is C[C@H](NC(=O)c1ccc(S(=O)(=O)NC[C@H]2CCCO2)cc1)c1ccc(-n2cncn2)cc1. The highest BCUT2D eigenvalue weighted by Gasteiger charge is 2.21. The highest BCUT2D eigenvalue weighted by Crippen LogP contribution is 2.17. The van der Waals surface area contributed by atoms with Crippen LogP contribution in [-0.2, 0) is 14.8 Å². The standard InChI is InChI=1S/C22H25N5O4S/c1-16(17-4-8-19(9-5-17)27-15-23-14-24-27)26-22(28)18-6-10-21(11-7-18)32(29,30)25-13-20-3-2-12-31-20/h4-11,14-16,20,25H,2-3,12-13H2,1H3,(H,26,28)/t16-,20+/m0/s1. The number of nitrogens with one attached hydrogen (secondary N) is 2. The van der Waals surface area contributed by atoms with Crippen LogP contribution >= 0.6 is 0 Å². The molecular formula is C22H25N5O4S. The summed E-state index contributed by atoms with van der Waals surface area (Å²) in [7, 11) is -3.65. The molecule has 2 atom stereocenters. The van der Waals surface area contributed by atoms with Crippen LogP contribution in [-0.4, -0.2) is 48.3 Å². The molecule has 1 aliphatic rings. The van der Waals surface area contributed by atoms with E-state index in [9.17, 15) is 13.2 Å². The number of nitrogens with zero attached hydrogens (tertiary/aromatic N) is 3. The minimum atomic E-state index is -3.65. The van der Waals surface area contributed by atoms with Gasteiger partial charge in [-0.3, -0.25) is 4.79 Å². The van der Waals surface area contributed by atoms with Crippen LogP contribution in [0.4, 0.5) is 0 Å². The molecule has 0 radical (unpaired) electrons. The summed E-state index contributed by atoms with van der Waals surface area (Å²) >= 11 is 0. The maximum Gasteiger partial charge on any atom is 0.251 e. The lowest BCUT2D eigenvalue weighted by molar-refractivity contribution is 0.0939. The van der Waals surface area contributed by atoms with Crippen LogP contribution in [0.3, 0.4) is 0 Å². The van der Waals surface area contributed by atoms with Gasteiger partial charge in [-0.1, -0.05) is 12.1 Å². The normalized spacial score (nSPS) is 17.2. The first-order chi connectivity index (χ1) is 15.4. The molecule has 1 amide bonds. The molecule has 1 aromatic heterocycles. The molecule has 0 saturated carbocycles. The number of sulfonamides is 1. The van der Waals surface area contributed by atoms with Crippen molar-refractivity contribution in [1.82, 2.24) is 24.8 Å². The van der Waals surface area contributed by atoms with Gasteiger partial charge in [0.05, 0.1) is 22.7 Å². The monoisotopic (exact) mass is 455 g/mol. The predicted octanol–water partition coefficient (Wildman–Crippen LogP) is 2.22. The van der Waals surface area contributed by atoms with Crippen LogP contribution < -0.4 is 10.0 Å². The van der Waals surface area contributed by atoms with Crippen molar-refractivity contribution in [3.63, 3.8) is 0 Å². The summed E-state index contributed by atoms with van der Waals surface area (Å²) in [5, 5.41) is 7.02. The molecule has 4 rings (SSSR count). The number of amides is 1. The van der Waals surface area contributed by atoms with Crippen molar-refractivity contribution < 1.29 is 17.9 Å². The van der Waals surface area contributed by atoms with E-state index >= 15 is 0 Å². The zero-order chi connectivity index (χ0) is 22.6. The quantitative estimate of drug-likeness (QED) is 0.538. The molecular weight excluding hydrogens is 430 g/mol. The zero-order valence-corrected chi connectivity index (χ0v) is 18.5. The van der Waals surface area contributed by atoms with Gasteiger partial charge >= 0.3 is 0 Å². The molecule has 0 spiro atoms. The summed E-state index contributed by atoms with van der Waals surface area (Å²) in [6, 6.07) is 13.3. The molecule has 2 N–H and O–H groups in total. The second-order valence-electron chi connectivity index (χ2n) is 7.64. The minimum Gasteiger partial charge on any atom is -0.377 e. The summed E-state index contributed by atoms with van der Waals surface area (Å²) in [5.74, 6) is -0.283. The van der Waals surface area contributed by atoms with Crippen LogP contribution in [0.25, 0.3) is 5.69 Å². The maximum absolute atomic E-state index is 12.6. The van der Waals surface area contributed by atoms with Gasteiger partial charge in [0.15, 0.2) is 0 Å². The third-order valence-corrected chi connectivity index (χ3v) is 6.82. The van der Waals surface area contributed by atoms with Crippen molar-refractivity contribution in [1.29, 1.82) is 0 Å². The maximum atomic E-state index is 12.6. The Morgan fingerprint density at radius 3 is 2.56 bits per heavy atom. The molecule has 0 aliphatic carbocycles. The fourth-order valence-electron chi connectivity index (χ4n) is 3.50. The van der Waals surface area contributed by atoms with Crippen molar-refractivity contribution in [2.45, 2.75) is 36.8 Å². The van der Waals surface area contributed by atoms with Crippen molar-refractivity contribution in [2.75, 3.05) is 13.2 Å². The Labute approximate surface area is 186 Å². The third kappa shape index (κ3) is 5.21. The van der Waals surface area contributed by atoms with E-state index in [0.717, 1.165) is 24.1 Å². The molecule has 9 nitrogen and oxygen atoms in total. The Morgan fingerprint density at radius 2 is 1.94 bits per heavy atom. The van der Waals surface area contributed by atoms with Crippen molar-refractivity contribution in [2.24, 2.45) is 0 Å². The number of carbonyl (C=O) groups excluding carboxylic acids is 1. The number of benzene rings is 2. The van der Waals surface area contributed by atoms with E-state index in [2.05, 4.69) is 20.1 Å². The largest absolute Gasteiger partial charge is 0.377 e. The van der Waals surface area contributed by atoms with E-state index in [1.54, 1.807) is 11.0 Å². The van der Waals surface area contributed by atoms with Gasteiger partial charge in [0, 0.05) is 18.7 Å². The summed E-state index contributed by atoms with van der Waals surface area (Å²) in [5.41, 5.74) is 2.18. The van der Waals surface area contributed by atoms with E-state index in [-0.39, 0.29) is 29.5 Å². The molecule has 0 unspecified atom stereocenters. The van der Waals surface area contributed by atoms with E-state index in [4.69, 9.17) is 4.74 Å². The minimum absolute atomic E-state index is 0.0819. The Bertz CT molecular complexity index is 1140. The number of hydrogen-bond donors (Lipinski definition) is 2. The molecule has 10 heteroatoms. The fourth-order valence-corrected chi connectivity index (χ4v) is 4.56. The van der Waals surface area contributed by atoms with Crippen LogP contribution in [0.5, 0.6) is 0 Å². The summed E-state index contributed by atoms with van der Waals surface area (Å²) in [4.78, 5) is 16.7. The Kier molecular flexibility index (Phi) is 6.63. The number of carbonyl (C=O) groups is 1. The molecule has 168 valence electrons. The first-order valence-corrected chi connectivity index (χ1v) is 11.9. The summed E-state index contributed by atoms with van der Waals surface area (Å²) in [6.45, 7) is 2.80. The number of hydrogen-bond acceptors (Lipinski definition) is 6. The second kappa shape index (κ2) is 9.60. The topological polar surface area (TPSA) is 115 Å². The lowest BCUT2D eigenvalue weighted by Crippen LogP contribution is -2.32. The highest BCUT2D eigenvalue weighted by atomic mass is 32.2. The van der Waals surface area contributed by atoms with Crippen molar-refractivity contribution >= 4 is 15.9 Å². The lowest BCUT2D eigenvalue weighted by Gasteiger charge is -2.15.